The van der Waals surface area contributed by atoms with Crippen molar-refractivity contribution in [3.8, 4) is 0 Å². The zero-order chi connectivity index (χ0) is 11.3. The highest BCUT2D eigenvalue weighted by Gasteiger charge is 2.35. The van der Waals surface area contributed by atoms with Gasteiger partial charge in [0.05, 0.1) is 0 Å². The van der Waals surface area contributed by atoms with Gasteiger partial charge in [-0.25, -0.2) is 0 Å². The monoisotopic (exact) mass is 212 g/mol. The maximum Gasteiger partial charge on any atom is 0.228 e. The third-order valence-electron chi connectivity index (χ3n) is 3.07. The van der Waals surface area contributed by atoms with Crippen molar-refractivity contribution >= 4 is 22.3 Å². The Morgan fingerprint density at radius 2 is 1.38 bits per heavy atom. The summed E-state index contributed by atoms with van der Waals surface area (Å²) in [5.41, 5.74) is 4.88. The van der Waals surface area contributed by atoms with E-state index in [1.165, 1.54) is 0 Å². The van der Waals surface area contributed by atoms with E-state index in [0.717, 1.165) is 10.8 Å². The lowest BCUT2D eigenvalue weighted by molar-refractivity contribution is -0.379. The lowest BCUT2D eigenvalue weighted by Crippen LogP contribution is -2.69. The molecular formula is C13H10NO2+. The molecule has 0 amide bonds. The van der Waals surface area contributed by atoms with E-state index < -0.39 is 6.04 Å². The van der Waals surface area contributed by atoms with Crippen LogP contribution in [0.1, 0.15) is 20.7 Å². The second-order valence-electron chi connectivity index (χ2n) is 3.99. The predicted octanol–water partition coefficient (Wildman–Crippen LogP) is 0.829. The number of hydrogen-bond donors (Lipinski definition) is 1. The molecule has 3 nitrogen and oxygen atoms in total. The Kier molecular flexibility index (Phi) is 1.73. The number of ketones is 2. The van der Waals surface area contributed by atoms with E-state index in [9.17, 15) is 9.59 Å². The zero-order valence-electron chi connectivity index (χ0n) is 8.57. The molecule has 2 aromatic rings. The van der Waals surface area contributed by atoms with Crippen LogP contribution in [-0.4, -0.2) is 17.6 Å². The first-order valence-electron chi connectivity index (χ1n) is 5.13. The van der Waals surface area contributed by atoms with Crippen molar-refractivity contribution < 1.29 is 15.3 Å². The average Bonchev–Trinajstić information content (AvgIpc) is 2.33. The molecule has 3 heteroatoms. The Hall–Kier alpha value is -2.00. The summed E-state index contributed by atoms with van der Waals surface area (Å²) < 4.78 is 0. The molecular weight excluding hydrogens is 202 g/mol. The molecule has 1 aliphatic carbocycles. The first-order chi connectivity index (χ1) is 7.70. The molecule has 3 N–H and O–H groups in total. The fourth-order valence-electron chi connectivity index (χ4n) is 2.25. The Morgan fingerprint density at radius 3 is 1.88 bits per heavy atom. The van der Waals surface area contributed by atoms with Gasteiger partial charge in [0.15, 0.2) is 0 Å². The summed E-state index contributed by atoms with van der Waals surface area (Å²) in [7, 11) is 0. The normalized spacial score (nSPS) is 15.8. The third-order valence-corrected chi connectivity index (χ3v) is 3.07. The summed E-state index contributed by atoms with van der Waals surface area (Å²) in [6.07, 6.45) is 0. The summed E-state index contributed by atoms with van der Waals surface area (Å²) in [6, 6.07) is 10.2. The first-order valence-corrected chi connectivity index (χ1v) is 5.13. The number of rotatable bonds is 0. The van der Waals surface area contributed by atoms with Crippen molar-refractivity contribution in [1.82, 2.24) is 0 Å². The SMILES string of the molecule is [NH3+]C1C(=O)c2cccc3cccc(c23)C1=O. The lowest BCUT2D eigenvalue weighted by atomic mass is 9.84. The van der Waals surface area contributed by atoms with Crippen molar-refractivity contribution in [2.75, 3.05) is 0 Å². The largest absolute Gasteiger partial charge is 0.342 e. The zero-order valence-corrected chi connectivity index (χ0v) is 8.57. The highest BCUT2D eigenvalue weighted by atomic mass is 16.2. The van der Waals surface area contributed by atoms with Gasteiger partial charge in [0.1, 0.15) is 0 Å². The van der Waals surface area contributed by atoms with Gasteiger partial charge < -0.3 is 5.73 Å². The Morgan fingerprint density at radius 1 is 0.875 bits per heavy atom. The van der Waals surface area contributed by atoms with Gasteiger partial charge in [-0.2, -0.15) is 0 Å². The van der Waals surface area contributed by atoms with Gasteiger partial charge in [-0.05, 0) is 5.39 Å². The van der Waals surface area contributed by atoms with Crippen LogP contribution in [0.4, 0.5) is 0 Å². The van der Waals surface area contributed by atoms with E-state index in [1.54, 1.807) is 12.1 Å². The maximum absolute atomic E-state index is 11.9. The quantitative estimate of drug-likeness (QED) is 0.657. The molecule has 0 unspecified atom stereocenters. The van der Waals surface area contributed by atoms with E-state index in [4.69, 9.17) is 0 Å². The number of quaternary nitrogens is 1. The third kappa shape index (κ3) is 1.01. The Balaban J connectivity index is 2.52. The number of carbonyl (C=O) groups is 2. The van der Waals surface area contributed by atoms with Gasteiger partial charge in [-0.15, -0.1) is 0 Å². The van der Waals surface area contributed by atoms with Crippen LogP contribution in [0.15, 0.2) is 36.4 Å². The van der Waals surface area contributed by atoms with E-state index in [2.05, 4.69) is 5.73 Å². The standard InChI is InChI=1S/C13H9NO2/c14-11-12(15)8-5-1-3-7-4-2-6-9(10(7)8)13(11)16/h1-6,11H,14H2/p+1. The fraction of sp³-hybridized carbons (Fsp3) is 0.0769. The molecule has 0 fully saturated rings. The van der Waals surface area contributed by atoms with Crippen LogP contribution in [-0.2, 0) is 0 Å². The molecule has 3 rings (SSSR count). The average molecular weight is 212 g/mol. The number of carbonyl (C=O) groups excluding carboxylic acids is 2. The van der Waals surface area contributed by atoms with Crippen molar-refractivity contribution in [3.05, 3.63) is 47.5 Å². The molecule has 0 atom stereocenters. The summed E-state index contributed by atoms with van der Waals surface area (Å²) in [6.45, 7) is 0. The first kappa shape index (κ1) is 9.24. The van der Waals surface area contributed by atoms with Crippen LogP contribution >= 0.6 is 0 Å². The molecule has 0 saturated heterocycles. The van der Waals surface area contributed by atoms with Crippen molar-refractivity contribution in [3.63, 3.8) is 0 Å². The summed E-state index contributed by atoms with van der Waals surface area (Å²) in [5, 5.41) is 1.71. The molecule has 0 bridgehead atoms. The van der Waals surface area contributed by atoms with Gasteiger partial charge in [0.2, 0.25) is 17.6 Å². The molecule has 78 valence electrons. The van der Waals surface area contributed by atoms with Crippen LogP contribution in [0.2, 0.25) is 0 Å². The molecule has 0 spiro atoms. The summed E-state index contributed by atoms with van der Waals surface area (Å²) >= 11 is 0. The van der Waals surface area contributed by atoms with E-state index in [0.29, 0.717) is 11.1 Å². The predicted molar refractivity (Wildman–Crippen MR) is 59.3 cm³/mol. The van der Waals surface area contributed by atoms with Crippen molar-refractivity contribution in [2.45, 2.75) is 6.04 Å². The van der Waals surface area contributed by atoms with Crippen molar-refractivity contribution in [1.29, 1.82) is 0 Å². The second-order valence-corrected chi connectivity index (χ2v) is 3.99. The topological polar surface area (TPSA) is 61.8 Å². The minimum Gasteiger partial charge on any atom is -0.342 e. The Bertz CT molecular complexity index is 580. The van der Waals surface area contributed by atoms with Crippen molar-refractivity contribution in [2.24, 2.45) is 0 Å². The van der Waals surface area contributed by atoms with Crippen LogP contribution < -0.4 is 5.73 Å². The van der Waals surface area contributed by atoms with Gasteiger partial charge in [-0.3, -0.25) is 9.59 Å². The minimum atomic E-state index is -0.791. The van der Waals surface area contributed by atoms with Gasteiger partial charge >= 0.3 is 0 Å². The van der Waals surface area contributed by atoms with Crippen LogP contribution in [0.3, 0.4) is 0 Å². The number of Topliss-reactive ketones (excluding diaryl/α,β-unsaturated/α-hetero) is 2. The molecule has 1 aliphatic rings. The maximum atomic E-state index is 11.9. The number of hydrogen-bond acceptors (Lipinski definition) is 2. The van der Waals surface area contributed by atoms with E-state index >= 15 is 0 Å². The molecule has 0 heterocycles. The van der Waals surface area contributed by atoms with Gasteiger partial charge in [0.25, 0.3) is 0 Å². The highest BCUT2D eigenvalue weighted by molar-refractivity contribution is 6.30. The smallest absolute Gasteiger partial charge is 0.228 e. The van der Waals surface area contributed by atoms with E-state index in [1.807, 2.05) is 24.3 Å². The molecule has 16 heavy (non-hydrogen) atoms. The molecule has 0 saturated carbocycles. The number of benzene rings is 2. The minimum absolute atomic E-state index is 0.172. The van der Waals surface area contributed by atoms with Gasteiger partial charge in [-0.1, -0.05) is 36.4 Å². The van der Waals surface area contributed by atoms with E-state index in [-0.39, 0.29) is 11.6 Å². The summed E-state index contributed by atoms with van der Waals surface area (Å²) in [5.74, 6) is -0.344. The fourth-order valence-corrected chi connectivity index (χ4v) is 2.25. The van der Waals surface area contributed by atoms with Crippen LogP contribution in [0.25, 0.3) is 10.8 Å². The van der Waals surface area contributed by atoms with Crippen LogP contribution in [0, 0.1) is 0 Å². The molecule has 0 aromatic heterocycles. The van der Waals surface area contributed by atoms with Gasteiger partial charge in [0, 0.05) is 16.5 Å². The summed E-state index contributed by atoms with van der Waals surface area (Å²) in [4.78, 5) is 23.9. The second kappa shape index (κ2) is 3.00. The van der Waals surface area contributed by atoms with Crippen LogP contribution in [0.5, 0.6) is 0 Å². The highest BCUT2D eigenvalue weighted by Crippen LogP contribution is 2.28. The Labute approximate surface area is 91.9 Å². The molecule has 0 aliphatic heterocycles. The lowest BCUT2D eigenvalue weighted by Gasteiger charge is -2.17. The molecule has 0 radical (unpaired) electrons. The molecule has 2 aromatic carbocycles.